The molecule has 0 aromatic carbocycles. The number of nitrogens with one attached hydrogen (secondary N) is 1. The first kappa shape index (κ1) is 16.6. The SMILES string of the molecule is CCCCS(=O)(=O)NCC1CCN(C2CCSC2)CC1. The minimum absolute atomic E-state index is 0.279. The first-order valence-electron chi connectivity index (χ1n) is 7.90. The molecule has 2 fully saturated rings. The van der Waals surface area contributed by atoms with Gasteiger partial charge in [0.25, 0.3) is 0 Å². The van der Waals surface area contributed by atoms with Crippen LogP contribution in [-0.4, -0.2) is 56.3 Å². The van der Waals surface area contributed by atoms with Crippen LogP contribution >= 0.6 is 11.8 Å². The van der Waals surface area contributed by atoms with E-state index in [0.29, 0.717) is 12.5 Å². The van der Waals surface area contributed by atoms with E-state index in [2.05, 4.69) is 21.4 Å². The Morgan fingerprint density at radius 1 is 1.25 bits per heavy atom. The number of likely N-dealkylation sites (tertiary alicyclic amines) is 1. The molecule has 2 rings (SSSR count). The maximum atomic E-state index is 11.8. The average molecular weight is 321 g/mol. The second kappa shape index (κ2) is 8.01. The van der Waals surface area contributed by atoms with Gasteiger partial charge < -0.3 is 0 Å². The van der Waals surface area contributed by atoms with Crippen molar-refractivity contribution in [1.29, 1.82) is 0 Å². The fourth-order valence-corrected chi connectivity index (χ4v) is 5.54. The Bertz CT molecular complexity index is 373. The molecule has 0 aromatic rings. The van der Waals surface area contributed by atoms with Gasteiger partial charge in [-0.2, -0.15) is 11.8 Å². The summed E-state index contributed by atoms with van der Waals surface area (Å²) in [6, 6.07) is 0.780. The number of nitrogens with zero attached hydrogens (tertiary/aromatic N) is 1. The smallest absolute Gasteiger partial charge is 0.211 e. The van der Waals surface area contributed by atoms with Crippen molar-refractivity contribution in [2.45, 2.75) is 45.1 Å². The molecule has 1 N–H and O–H groups in total. The third-order valence-corrected chi connectivity index (χ3v) is 7.01. The largest absolute Gasteiger partial charge is 0.300 e. The van der Waals surface area contributed by atoms with Crippen LogP contribution in [0.25, 0.3) is 0 Å². The average Bonchev–Trinajstić information content (AvgIpc) is 2.98. The predicted octanol–water partition coefficient (Wildman–Crippen LogP) is 1.92. The Morgan fingerprint density at radius 2 is 2.00 bits per heavy atom. The van der Waals surface area contributed by atoms with E-state index in [0.717, 1.165) is 44.8 Å². The number of sulfonamides is 1. The minimum Gasteiger partial charge on any atom is -0.300 e. The molecule has 1 atom stereocenters. The van der Waals surface area contributed by atoms with Gasteiger partial charge in [-0.25, -0.2) is 13.1 Å². The molecule has 2 aliphatic heterocycles. The summed E-state index contributed by atoms with van der Waals surface area (Å²) in [5, 5.41) is 0. The molecular formula is C14H28N2O2S2. The molecule has 1 unspecified atom stereocenters. The third-order valence-electron chi connectivity index (χ3n) is 4.43. The first-order chi connectivity index (χ1) is 9.61. The van der Waals surface area contributed by atoms with Gasteiger partial charge in [-0.15, -0.1) is 0 Å². The highest BCUT2D eigenvalue weighted by atomic mass is 32.2. The zero-order valence-corrected chi connectivity index (χ0v) is 14.1. The fraction of sp³-hybridized carbons (Fsp3) is 1.00. The van der Waals surface area contributed by atoms with Crippen LogP contribution in [0.5, 0.6) is 0 Å². The van der Waals surface area contributed by atoms with E-state index >= 15 is 0 Å². The Kier molecular flexibility index (Phi) is 6.65. The van der Waals surface area contributed by atoms with Gasteiger partial charge in [0.1, 0.15) is 0 Å². The lowest BCUT2D eigenvalue weighted by Gasteiger charge is -2.35. The summed E-state index contributed by atoms with van der Waals surface area (Å²) in [7, 11) is -3.04. The second-order valence-corrected chi connectivity index (χ2v) is 9.09. The van der Waals surface area contributed by atoms with Crippen LogP contribution in [0.2, 0.25) is 0 Å². The van der Waals surface area contributed by atoms with Crippen LogP contribution in [0.4, 0.5) is 0 Å². The van der Waals surface area contributed by atoms with Gasteiger partial charge >= 0.3 is 0 Å². The summed E-state index contributed by atoms with van der Waals surface area (Å²) in [6.45, 7) is 4.95. The lowest BCUT2D eigenvalue weighted by atomic mass is 9.96. The van der Waals surface area contributed by atoms with Crippen molar-refractivity contribution in [1.82, 2.24) is 9.62 Å². The van der Waals surface area contributed by atoms with Crippen molar-refractivity contribution >= 4 is 21.8 Å². The first-order valence-corrected chi connectivity index (χ1v) is 10.7. The quantitative estimate of drug-likeness (QED) is 0.779. The number of unbranched alkanes of at least 4 members (excludes halogenated alkanes) is 1. The van der Waals surface area contributed by atoms with Gasteiger partial charge in [0.15, 0.2) is 0 Å². The lowest BCUT2D eigenvalue weighted by Crippen LogP contribution is -2.43. The monoisotopic (exact) mass is 320 g/mol. The second-order valence-electron chi connectivity index (χ2n) is 6.02. The molecule has 2 heterocycles. The summed E-state index contributed by atoms with van der Waals surface area (Å²) in [5.74, 6) is 3.40. The normalized spacial score (nSPS) is 26.1. The van der Waals surface area contributed by atoms with Crippen molar-refractivity contribution in [2.24, 2.45) is 5.92 Å². The molecule has 2 saturated heterocycles. The zero-order valence-electron chi connectivity index (χ0n) is 12.5. The summed E-state index contributed by atoms with van der Waals surface area (Å²) in [5.41, 5.74) is 0. The standard InChI is InChI=1S/C14H28N2O2S2/c1-2-3-10-20(17,18)15-11-13-4-7-16(8-5-13)14-6-9-19-12-14/h13-15H,2-12H2,1H3. The molecule has 0 aromatic heterocycles. The lowest BCUT2D eigenvalue weighted by molar-refractivity contribution is 0.145. The maximum Gasteiger partial charge on any atom is 0.211 e. The molecule has 4 nitrogen and oxygen atoms in total. The number of piperidine rings is 1. The van der Waals surface area contributed by atoms with Crippen LogP contribution in [0.15, 0.2) is 0 Å². The van der Waals surface area contributed by atoms with Crippen molar-refractivity contribution in [2.75, 3.05) is 36.9 Å². The molecule has 0 amide bonds. The van der Waals surface area contributed by atoms with Gasteiger partial charge in [-0.3, -0.25) is 4.90 Å². The molecule has 0 radical (unpaired) electrons. The Balaban J connectivity index is 1.66. The molecule has 0 spiro atoms. The van der Waals surface area contributed by atoms with E-state index in [1.54, 1.807) is 0 Å². The number of hydrogen-bond donors (Lipinski definition) is 1. The van der Waals surface area contributed by atoms with Crippen molar-refractivity contribution in [3.63, 3.8) is 0 Å². The van der Waals surface area contributed by atoms with Gasteiger partial charge in [-0.05, 0) is 50.4 Å². The number of hydrogen-bond acceptors (Lipinski definition) is 4. The van der Waals surface area contributed by atoms with E-state index < -0.39 is 10.0 Å². The maximum absolute atomic E-state index is 11.8. The van der Waals surface area contributed by atoms with Gasteiger partial charge in [0.2, 0.25) is 10.0 Å². The Labute approximate surface area is 128 Å². The van der Waals surface area contributed by atoms with Crippen LogP contribution in [0, 0.1) is 5.92 Å². The van der Waals surface area contributed by atoms with Gasteiger partial charge in [-0.1, -0.05) is 13.3 Å². The fourth-order valence-electron chi connectivity index (χ4n) is 2.98. The summed E-state index contributed by atoms with van der Waals surface area (Å²) >= 11 is 2.06. The molecule has 6 heteroatoms. The van der Waals surface area contributed by atoms with E-state index in [-0.39, 0.29) is 5.75 Å². The third kappa shape index (κ3) is 5.20. The minimum atomic E-state index is -3.04. The topological polar surface area (TPSA) is 49.4 Å². The molecular weight excluding hydrogens is 292 g/mol. The van der Waals surface area contributed by atoms with E-state index in [1.807, 2.05) is 6.92 Å². The van der Waals surface area contributed by atoms with Crippen LogP contribution in [0.3, 0.4) is 0 Å². The molecule has 118 valence electrons. The van der Waals surface area contributed by atoms with Crippen molar-refractivity contribution in [3.05, 3.63) is 0 Å². The van der Waals surface area contributed by atoms with Crippen LogP contribution in [-0.2, 0) is 10.0 Å². The van der Waals surface area contributed by atoms with Gasteiger partial charge in [0, 0.05) is 18.3 Å². The molecule has 0 bridgehead atoms. The number of rotatable bonds is 7. The molecule has 20 heavy (non-hydrogen) atoms. The highest BCUT2D eigenvalue weighted by Gasteiger charge is 2.27. The zero-order chi connectivity index (χ0) is 14.4. The summed E-state index contributed by atoms with van der Waals surface area (Å²) in [4.78, 5) is 2.61. The van der Waals surface area contributed by atoms with Crippen LogP contribution < -0.4 is 4.72 Å². The predicted molar refractivity (Wildman–Crippen MR) is 86.7 cm³/mol. The molecule has 0 aliphatic carbocycles. The van der Waals surface area contributed by atoms with Crippen LogP contribution in [0.1, 0.15) is 39.0 Å². The molecule has 0 saturated carbocycles. The van der Waals surface area contributed by atoms with E-state index in [1.165, 1.54) is 17.9 Å². The molecule has 2 aliphatic rings. The van der Waals surface area contributed by atoms with E-state index in [9.17, 15) is 8.42 Å². The highest BCUT2D eigenvalue weighted by molar-refractivity contribution is 7.99. The highest BCUT2D eigenvalue weighted by Crippen LogP contribution is 2.26. The summed E-state index contributed by atoms with van der Waals surface area (Å²) in [6.07, 6.45) is 5.29. The summed E-state index contributed by atoms with van der Waals surface area (Å²) < 4.78 is 26.4. The Morgan fingerprint density at radius 3 is 2.60 bits per heavy atom. The van der Waals surface area contributed by atoms with E-state index in [4.69, 9.17) is 0 Å². The van der Waals surface area contributed by atoms with Crippen molar-refractivity contribution < 1.29 is 8.42 Å². The Hall–Kier alpha value is 0.220. The number of thioether (sulfide) groups is 1. The van der Waals surface area contributed by atoms with Gasteiger partial charge in [0.05, 0.1) is 5.75 Å². The van der Waals surface area contributed by atoms with Crippen molar-refractivity contribution in [3.8, 4) is 0 Å².